The highest BCUT2D eigenvalue weighted by atomic mass is 35.5. The molecule has 0 bridgehead atoms. The maximum Gasteiger partial charge on any atom is 0.244 e. The third-order valence-corrected chi connectivity index (χ3v) is 5.75. The van der Waals surface area contributed by atoms with E-state index in [0.717, 1.165) is 16.1 Å². The number of carbonyl (C=O) groups is 1. The van der Waals surface area contributed by atoms with Crippen molar-refractivity contribution >= 4 is 33.2 Å². The lowest BCUT2D eigenvalue weighted by Gasteiger charge is -2.31. The van der Waals surface area contributed by atoms with Crippen LogP contribution in [0.15, 0.2) is 48.5 Å². The predicted octanol–water partition coefficient (Wildman–Crippen LogP) is 3.78. The van der Waals surface area contributed by atoms with Crippen LogP contribution in [-0.2, 0) is 14.8 Å². The van der Waals surface area contributed by atoms with Crippen molar-refractivity contribution in [2.45, 2.75) is 39.3 Å². The number of nitrogens with zero attached hydrogens (tertiary/aromatic N) is 1. The van der Waals surface area contributed by atoms with Crippen molar-refractivity contribution in [1.29, 1.82) is 0 Å². The Kier molecular flexibility index (Phi) is 7.93. The van der Waals surface area contributed by atoms with Crippen molar-refractivity contribution in [2.75, 3.05) is 17.2 Å². The highest BCUT2D eigenvalue weighted by Gasteiger charge is 2.32. The fraction of sp³-hybridized carbons (Fsp3) is 0.381. The predicted molar refractivity (Wildman–Crippen MR) is 117 cm³/mol. The summed E-state index contributed by atoms with van der Waals surface area (Å²) in [4.78, 5) is 12.9. The zero-order valence-electron chi connectivity index (χ0n) is 17.1. The Morgan fingerprint density at radius 1 is 1.14 bits per heavy atom. The van der Waals surface area contributed by atoms with Crippen LogP contribution in [0.5, 0.6) is 5.75 Å². The van der Waals surface area contributed by atoms with Crippen molar-refractivity contribution in [2.24, 2.45) is 0 Å². The second-order valence-corrected chi connectivity index (χ2v) is 9.29. The van der Waals surface area contributed by atoms with Crippen LogP contribution in [0.1, 0.15) is 25.8 Å². The number of nitrogens with one attached hydrogen (secondary N) is 1. The molecule has 158 valence electrons. The molecular weight excluding hydrogens is 412 g/mol. The van der Waals surface area contributed by atoms with Gasteiger partial charge in [-0.2, -0.15) is 0 Å². The summed E-state index contributed by atoms with van der Waals surface area (Å²) in [5.74, 6) is 0.329. The molecule has 1 N–H and O–H groups in total. The molecule has 2 aromatic carbocycles. The van der Waals surface area contributed by atoms with Gasteiger partial charge in [-0.05, 0) is 56.7 Å². The highest BCUT2D eigenvalue weighted by molar-refractivity contribution is 7.92. The summed E-state index contributed by atoms with van der Waals surface area (Å²) in [5.41, 5.74) is 1.52. The minimum atomic E-state index is -3.68. The van der Waals surface area contributed by atoms with Crippen LogP contribution in [-0.4, -0.2) is 39.3 Å². The molecule has 0 heterocycles. The molecule has 2 rings (SSSR count). The van der Waals surface area contributed by atoms with Gasteiger partial charge in [0.1, 0.15) is 18.4 Å². The molecule has 29 heavy (non-hydrogen) atoms. The molecule has 0 fully saturated rings. The van der Waals surface area contributed by atoms with E-state index < -0.39 is 16.1 Å². The number of aryl methyl sites for hydroxylation is 1. The average molecular weight is 439 g/mol. The van der Waals surface area contributed by atoms with Crippen LogP contribution in [0.3, 0.4) is 0 Å². The van der Waals surface area contributed by atoms with Gasteiger partial charge in [0.15, 0.2) is 0 Å². The van der Waals surface area contributed by atoms with Gasteiger partial charge in [0.25, 0.3) is 0 Å². The van der Waals surface area contributed by atoms with Gasteiger partial charge < -0.3 is 10.1 Å². The van der Waals surface area contributed by atoms with Gasteiger partial charge in [-0.3, -0.25) is 9.10 Å². The molecule has 0 aliphatic rings. The SMILES string of the molecule is CCC(C(=O)NC(C)COc1ccc(C)cc1)N(c1ccc(Cl)cc1)S(C)(=O)=O. The Balaban J connectivity index is 2.09. The van der Waals surface area contributed by atoms with Crippen LogP contribution in [0.4, 0.5) is 5.69 Å². The summed E-state index contributed by atoms with van der Waals surface area (Å²) < 4.78 is 31.7. The number of amides is 1. The first-order valence-electron chi connectivity index (χ1n) is 9.36. The molecule has 0 radical (unpaired) electrons. The normalized spacial score (nSPS) is 13.4. The second-order valence-electron chi connectivity index (χ2n) is 6.99. The first kappa shape index (κ1) is 23.0. The van der Waals surface area contributed by atoms with Gasteiger partial charge in [-0.1, -0.05) is 36.2 Å². The molecule has 2 atom stereocenters. The number of rotatable bonds is 9. The standard InChI is InChI=1S/C21H27ClN2O4S/c1-5-20(24(29(4,26)27)18-10-8-17(22)9-11-18)21(25)23-16(3)14-28-19-12-6-15(2)7-13-19/h6-13,16,20H,5,14H2,1-4H3,(H,23,25). The Morgan fingerprint density at radius 3 is 2.24 bits per heavy atom. The van der Waals surface area contributed by atoms with E-state index in [9.17, 15) is 13.2 Å². The van der Waals surface area contributed by atoms with Gasteiger partial charge in [-0.15, -0.1) is 0 Å². The molecule has 2 aromatic rings. The maximum atomic E-state index is 12.9. The molecular formula is C21H27ClN2O4S. The molecule has 0 spiro atoms. The number of sulfonamides is 1. The summed E-state index contributed by atoms with van der Waals surface area (Å²) in [5, 5.41) is 3.34. The zero-order chi connectivity index (χ0) is 21.6. The molecule has 0 aliphatic heterocycles. The number of halogens is 1. The lowest BCUT2D eigenvalue weighted by molar-refractivity contribution is -0.123. The van der Waals surface area contributed by atoms with E-state index in [1.54, 1.807) is 31.2 Å². The Hall–Kier alpha value is -2.25. The van der Waals surface area contributed by atoms with Crippen LogP contribution < -0.4 is 14.4 Å². The number of anilines is 1. The largest absolute Gasteiger partial charge is 0.491 e. The Labute approximate surface area is 177 Å². The third kappa shape index (κ3) is 6.65. The van der Waals surface area contributed by atoms with Crippen LogP contribution >= 0.6 is 11.6 Å². The molecule has 2 unspecified atom stereocenters. The fourth-order valence-electron chi connectivity index (χ4n) is 2.88. The monoisotopic (exact) mass is 438 g/mol. The maximum absolute atomic E-state index is 12.9. The molecule has 0 saturated carbocycles. The number of benzene rings is 2. The van der Waals surface area contributed by atoms with Gasteiger partial charge >= 0.3 is 0 Å². The quantitative estimate of drug-likeness (QED) is 0.646. The van der Waals surface area contributed by atoms with Crippen molar-refractivity contribution in [3.63, 3.8) is 0 Å². The lowest BCUT2D eigenvalue weighted by atomic mass is 10.1. The first-order chi connectivity index (χ1) is 13.6. The summed E-state index contributed by atoms with van der Waals surface area (Å²) in [6.45, 7) is 5.84. The highest BCUT2D eigenvalue weighted by Crippen LogP contribution is 2.24. The topological polar surface area (TPSA) is 75.7 Å². The zero-order valence-corrected chi connectivity index (χ0v) is 18.6. The summed E-state index contributed by atoms with van der Waals surface area (Å²) in [7, 11) is -3.68. The van der Waals surface area contributed by atoms with Gasteiger partial charge in [-0.25, -0.2) is 8.42 Å². The molecule has 0 aromatic heterocycles. The first-order valence-corrected chi connectivity index (χ1v) is 11.6. The molecule has 0 aliphatic carbocycles. The number of carbonyl (C=O) groups excluding carboxylic acids is 1. The number of hydrogen-bond acceptors (Lipinski definition) is 4. The number of ether oxygens (including phenoxy) is 1. The van der Waals surface area contributed by atoms with Crippen LogP contribution in [0.2, 0.25) is 5.02 Å². The molecule has 0 saturated heterocycles. The number of hydrogen-bond donors (Lipinski definition) is 1. The van der Waals surface area contributed by atoms with Crippen molar-refractivity contribution < 1.29 is 17.9 Å². The van der Waals surface area contributed by atoms with Gasteiger partial charge in [0.05, 0.1) is 18.0 Å². The van der Waals surface area contributed by atoms with E-state index >= 15 is 0 Å². The van der Waals surface area contributed by atoms with Crippen LogP contribution in [0.25, 0.3) is 0 Å². The molecule has 1 amide bonds. The summed E-state index contributed by atoms with van der Waals surface area (Å²) >= 11 is 5.91. The van der Waals surface area contributed by atoms with Crippen LogP contribution in [0, 0.1) is 6.92 Å². The van der Waals surface area contributed by atoms with Crippen molar-refractivity contribution in [3.05, 3.63) is 59.1 Å². The molecule has 8 heteroatoms. The minimum Gasteiger partial charge on any atom is -0.491 e. The van der Waals surface area contributed by atoms with E-state index in [2.05, 4.69) is 5.32 Å². The molecule has 6 nitrogen and oxygen atoms in total. The third-order valence-electron chi connectivity index (χ3n) is 4.32. The smallest absolute Gasteiger partial charge is 0.244 e. The fourth-order valence-corrected chi connectivity index (χ4v) is 4.22. The summed E-state index contributed by atoms with van der Waals surface area (Å²) in [6, 6.07) is 12.8. The van der Waals surface area contributed by atoms with E-state index in [4.69, 9.17) is 16.3 Å². The van der Waals surface area contributed by atoms with E-state index in [0.29, 0.717) is 22.9 Å². The second kappa shape index (κ2) is 9.98. The van der Waals surface area contributed by atoms with E-state index in [1.807, 2.05) is 38.1 Å². The summed E-state index contributed by atoms with van der Waals surface area (Å²) in [6.07, 6.45) is 1.40. The minimum absolute atomic E-state index is 0.269. The van der Waals surface area contributed by atoms with Gasteiger partial charge in [0, 0.05) is 5.02 Å². The van der Waals surface area contributed by atoms with E-state index in [1.165, 1.54) is 0 Å². The Bertz CT molecular complexity index is 915. The average Bonchev–Trinajstić information content (AvgIpc) is 2.65. The van der Waals surface area contributed by atoms with Crippen molar-refractivity contribution in [3.8, 4) is 5.75 Å². The Morgan fingerprint density at radius 2 is 1.72 bits per heavy atom. The van der Waals surface area contributed by atoms with Crippen molar-refractivity contribution in [1.82, 2.24) is 5.32 Å². The lowest BCUT2D eigenvalue weighted by Crippen LogP contribution is -2.52. The van der Waals surface area contributed by atoms with E-state index in [-0.39, 0.29) is 18.6 Å². The van der Waals surface area contributed by atoms with Gasteiger partial charge in [0.2, 0.25) is 15.9 Å².